The Morgan fingerprint density at radius 1 is 1.24 bits per heavy atom. The molecule has 0 fully saturated rings. The predicted octanol–water partition coefficient (Wildman–Crippen LogP) is 2.72. The molecule has 1 heterocycles. The van der Waals surface area contributed by atoms with Crippen molar-refractivity contribution < 1.29 is 19.4 Å². The summed E-state index contributed by atoms with van der Waals surface area (Å²) in [6.45, 7) is -0.393. The lowest BCUT2D eigenvalue weighted by Gasteiger charge is -2.08. The van der Waals surface area contributed by atoms with Gasteiger partial charge in [-0.15, -0.1) is 11.3 Å². The summed E-state index contributed by atoms with van der Waals surface area (Å²) in [6.07, 6.45) is 0.0512. The number of thiazole rings is 1. The molecule has 128 valence electrons. The lowest BCUT2D eigenvalue weighted by atomic mass is 10.0. The van der Waals surface area contributed by atoms with E-state index in [1.807, 2.05) is 42.5 Å². The normalized spacial score (nSPS) is 10.6. The zero-order chi connectivity index (χ0) is 17.8. The van der Waals surface area contributed by atoms with E-state index < -0.39 is 12.5 Å². The van der Waals surface area contributed by atoms with E-state index in [0.29, 0.717) is 10.8 Å². The van der Waals surface area contributed by atoms with Crippen LogP contribution in [0.5, 0.6) is 5.75 Å². The van der Waals surface area contributed by atoms with Crippen molar-refractivity contribution in [1.29, 1.82) is 0 Å². The summed E-state index contributed by atoms with van der Waals surface area (Å²) < 4.78 is 6.43. The number of amides is 1. The predicted molar refractivity (Wildman–Crippen MR) is 96.0 cm³/mol. The van der Waals surface area contributed by atoms with E-state index in [2.05, 4.69) is 10.3 Å². The van der Waals surface area contributed by atoms with Gasteiger partial charge in [0.2, 0.25) is 5.91 Å². The maximum absolute atomic E-state index is 11.8. The number of ether oxygens (including phenoxy) is 1. The zero-order valence-corrected chi connectivity index (χ0v) is 14.3. The smallest absolute Gasteiger partial charge is 0.322 e. The second kappa shape index (κ2) is 7.31. The molecule has 0 radical (unpaired) electrons. The molecule has 1 aromatic heterocycles. The summed E-state index contributed by atoms with van der Waals surface area (Å²) in [5.74, 6) is -0.725. The van der Waals surface area contributed by atoms with Crippen LogP contribution in [0.2, 0.25) is 0 Å². The van der Waals surface area contributed by atoms with Gasteiger partial charge in [0.15, 0.2) is 0 Å². The number of hydrogen-bond donors (Lipinski definition) is 2. The van der Waals surface area contributed by atoms with Crippen LogP contribution in [-0.4, -0.2) is 35.6 Å². The van der Waals surface area contributed by atoms with Crippen molar-refractivity contribution in [2.45, 2.75) is 6.42 Å². The van der Waals surface area contributed by atoms with Crippen LogP contribution in [0.1, 0.15) is 5.01 Å². The van der Waals surface area contributed by atoms with Crippen LogP contribution in [0.15, 0.2) is 42.5 Å². The standard InChI is InChI=1S/C18H16N2O4S/c1-24-14-8-13-15(7-12(14)11-5-3-2-4-6-11)25-17(20-13)9-16(21)19-10-18(22)23/h2-8H,9-10H2,1H3,(H,19,21)(H,22,23). The molecule has 2 aromatic carbocycles. The summed E-state index contributed by atoms with van der Waals surface area (Å²) in [5.41, 5.74) is 2.75. The molecule has 0 saturated carbocycles. The minimum absolute atomic E-state index is 0.0512. The molecular weight excluding hydrogens is 340 g/mol. The molecule has 0 unspecified atom stereocenters. The topological polar surface area (TPSA) is 88.5 Å². The third kappa shape index (κ3) is 3.95. The van der Waals surface area contributed by atoms with Crippen molar-refractivity contribution in [2.75, 3.05) is 13.7 Å². The van der Waals surface area contributed by atoms with Gasteiger partial charge in [-0.3, -0.25) is 9.59 Å². The maximum atomic E-state index is 11.8. The molecule has 0 aliphatic heterocycles. The fourth-order valence-electron chi connectivity index (χ4n) is 2.46. The highest BCUT2D eigenvalue weighted by Gasteiger charge is 2.14. The number of carbonyl (C=O) groups excluding carboxylic acids is 1. The lowest BCUT2D eigenvalue weighted by molar-refractivity contribution is -0.137. The average molecular weight is 356 g/mol. The quantitative estimate of drug-likeness (QED) is 0.709. The summed E-state index contributed by atoms with van der Waals surface area (Å²) >= 11 is 1.41. The van der Waals surface area contributed by atoms with Crippen molar-refractivity contribution in [2.24, 2.45) is 0 Å². The molecule has 25 heavy (non-hydrogen) atoms. The number of nitrogens with one attached hydrogen (secondary N) is 1. The first-order chi connectivity index (χ1) is 12.1. The Morgan fingerprint density at radius 2 is 2.00 bits per heavy atom. The Balaban J connectivity index is 1.90. The van der Waals surface area contributed by atoms with Gasteiger partial charge in [0.1, 0.15) is 17.3 Å². The van der Waals surface area contributed by atoms with E-state index in [0.717, 1.165) is 21.3 Å². The Morgan fingerprint density at radius 3 is 2.68 bits per heavy atom. The van der Waals surface area contributed by atoms with Gasteiger partial charge in [-0.1, -0.05) is 30.3 Å². The van der Waals surface area contributed by atoms with Crippen LogP contribution in [-0.2, 0) is 16.0 Å². The summed E-state index contributed by atoms with van der Waals surface area (Å²) in [6, 6.07) is 13.7. The SMILES string of the molecule is COc1cc2nc(CC(=O)NCC(=O)O)sc2cc1-c1ccccc1. The molecule has 0 atom stereocenters. The third-order valence-electron chi connectivity index (χ3n) is 3.59. The van der Waals surface area contributed by atoms with Gasteiger partial charge in [-0.2, -0.15) is 0 Å². The van der Waals surface area contributed by atoms with Crippen LogP contribution in [0, 0.1) is 0 Å². The number of hydrogen-bond acceptors (Lipinski definition) is 5. The molecule has 0 spiro atoms. The van der Waals surface area contributed by atoms with Crippen molar-refractivity contribution in [3.8, 4) is 16.9 Å². The van der Waals surface area contributed by atoms with E-state index in [-0.39, 0.29) is 12.3 Å². The molecule has 1 amide bonds. The number of carboxylic acids is 1. The highest BCUT2D eigenvalue weighted by atomic mass is 32.1. The summed E-state index contributed by atoms with van der Waals surface area (Å²) in [5, 5.41) is 11.6. The summed E-state index contributed by atoms with van der Waals surface area (Å²) in [7, 11) is 1.61. The second-order valence-corrected chi connectivity index (χ2v) is 6.46. The highest BCUT2D eigenvalue weighted by Crippen LogP contribution is 2.36. The largest absolute Gasteiger partial charge is 0.496 e. The number of carbonyl (C=O) groups is 2. The monoisotopic (exact) mass is 356 g/mol. The third-order valence-corrected chi connectivity index (χ3v) is 4.61. The molecule has 0 bridgehead atoms. The minimum atomic E-state index is -1.07. The van der Waals surface area contributed by atoms with Gasteiger partial charge in [0, 0.05) is 11.6 Å². The molecule has 3 aromatic rings. The van der Waals surface area contributed by atoms with Crippen molar-refractivity contribution in [1.82, 2.24) is 10.3 Å². The minimum Gasteiger partial charge on any atom is -0.496 e. The number of aromatic nitrogens is 1. The van der Waals surface area contributed by atoms with Crippen LogP contribution in [0.4, 0.5) is 0 Å². The zero-order valence-electron chi connectivity index (χ0n) is 13.5. The molecule has 0 aliphatic rings. The number of methoxy groups -OCH3 is 1. The number of aliphatic carboxylic acids is 1. The Hall–Kier alpha value is -2.93. The maximum Gasteiger partial charge on any atom is 0.322 e. The van der Waals surface area contributed by atoms with Crippen LogP contribution < -0.4 is 10.1 Å². The molecule has 0 aliphatic carbocycles. The Bertz CT molecular complexity index is 921. The van der Waals surface area contributed by atoms with Gasteiger partial charge < -0.3 is 15.2 Å². The highest BCUT2D eigenvalue weighted by molar-refractivity contribution is 7.18. The number of fused-ring (bicyclic) bond motifs is 1. The number of rotatable bonds is 6. The molecule has 0 saturated heterocycles. The van der Waals surface area contributed by atoms with E-state index in [1.165, 1.54) is 11.3 Å². The van der Waals surface area contributed by atoms with Crippen LogP contribution in [0.3, 0.4) is 0 Å². The fourth-order valence-corrected chi connectivity index (χ4v) is 3.45. The molecule has 6 nitrogen and oxygen atoms in total. The lowest BCUT2D eigenvalue weighted by Crippen LogP contribution is -2.30. The summed E-state index contributed by atoms with van der Waals surface area (Å²) in [4.78, 5) is 26.7. The van der Waals surface area contributed by atoms with Gasteiger partial charge in [-0.05, 0) is 11.6 Å². The van der Waals surface area contributed by atoms with Gasteiger partial charge in [0.25, 0.3) is 0 Å². The molecule has 7 heteroatoms. The van der Waals surface area contributed by atoms with E-state index in [4.69, 9.17) is 9.84 Å². The number of carboxylic acid groups (broad SMARTS) is 1. The van der Waals surface area contributed by atoms with Crippen molar-refractivity contribution in [3.05, 3.63) is 47.5 Å². The first kappa shape index (κ1) is 16.9. The van der Waals surface area contributed by atoms with Crippen molar-refractivity contribution in [3.63, 3.8) is 0 Å². The van der Waals surface area contributed by atoms with Crippen molar-refractivity contribution >= 4 is 33.4 Å². The van der Waals surface area contributed by atoms with E-state index in [1.54, 1.807) is 7.11 Å². The molecule has 3 rings (SSSR count). The number of nitrogens with zero attached hydrogens (tertiary/aromatic N) is 1. The number of benzene rings is 2. The molecule has 2 N–H and O–H groups in total. The van der Waals surface area contributed by atoms with E-state index in [9.17, 15) is 9.59 Å². The second-order valence-electron chi connectivity index (χ2n) is 5.34. The van der Waals surface area contributed by atoms with Gasteiger partial charge >= 0.3 is 5.97 Å². The molecular formula is C18H16N2O4S. The van der Waals surface area contributed by atoms with Crippen LogP contribution in [0.25, 0.3) is 21.3 Å². The van der Waals surface area contributed by atoms with E-state index >= 15 is 0 Å². The fraction of sp³-hybridized carbons (Fsp3) is 0.167. The Kier molecular flexibility index (Phi) is 4.95. The first-order valence-corrected chi connectivity index (χ1v) is 8.40. The Labute approximate surface area is 148 Å². The van der Waals surface area contributed by atoms with Crippen LogP contribution >= 0.6 is 11.3 Å². The average Bonchev–Trinajstić information content (AvgIpc) is 3.00. The van der Waals surface area contributed by atoms with Gasteiger partial charge in [0.05, 0.1) is 23.7 Å². The van der Waals surface area contributed by atoms with Gasteiger partial charge in [-0.25, -0.2) is 4.98 Å². The first-order valence-electron chi connectivity index (χ1n) is 7.58.